The Bertz CT molecular complexity index is 324. The number of hydrogen-bond donors (Lipinski definition) is 3. The van der Waals surface area contributed by atoms with Crippen molar-refractivity contribution in [1.29, 1.82) is 0 Å². The third kappa shape index (κ3) is 3.62. The zero-order valence-corrected chi connectivity index (χ0v) is 11.5. The maximum absolute atomic E-state index is 11.9. The van der Waals surface area contributed by atoms with E-state index in [0.717, 1.165) is 25.7 Å². The Morgan fingerprint density at radius 3 is 2.28 bits per heavy atom. The summed E-state index contributed by atoms with van der Waals surface area (Å²) in [5, 5.41) is 14.6. The van der Waals surface area contributed by atoms with E-state index in [4.69, 9.17) is 5.11 Å². The SMILES string of the molecule is CCC(C)(NC(=O)NC1(C)CCCCC1)C(=O)O. The fourth-order valence-corrected chi connectivity index (χ4v) is 2.31. The Morgan fingerprint density at radius 1 is 1.28 bits per heavy atom. The van der Waals surface area contributed by atoms with E-state index in [1.807, 2.05) is 6.92 Å². The van der Waals surface area contributed by atoms with Gasteiger partial charge < -0.3 is 15.7 Å². The van der Waals surface area contributed by atoms with Crippen LogP contribution in [0.4, 0.5) is 4.79 Å². The van der Waals surface area contributed by atoms with Crippen LogP contribution in [-0.2, 0) is 4.79 Å². The molecule has 18 heavy (non-hydrogen) atoms. The van der Waals surface area contributed by atoms with E-state index in [-0.39, 0.29) is 11.6 Å². The lowest BCUT2D eigenvalue weighted by Crippen LogP contribution is -2.59. The topological polar surface area (TPSA) is 78.4 Å². The maximum Gasteiger partial charge on any atom is 0.329 e. The van der Waals surface area contributed by atoms with Crippen LogP contribution in [0.3, 0.4) is 0 Å². The number of rotatable bonds is 4. The number of aliphatic carboxylic acids is 1. The summed E-state index contributed by atoms with van der Waals surface area (Å²) in [6.07, 6.45) is 5.70. The number of carboxylic acids is 1. The van der Waals surface area contributed by atoms with Crippen LogP contribution in [0.25, 0.3) is 0 Å². The second kappa shape index (κ2) is 5.59. The van der Waals surface area contributed by atoms with Crippen LogP contribution in [0.5, 0.6) is 0 Å². The van der Waals surface area contributed by atoms with Crippen molar-refractivity contribution in [2.24, 2.45) is 0 Å². The molecule has 1 saturated carbocycles. The Morgan fingerprint density at radius 2 is 1.83 bits per heavy atom. The molecule has 1 aliphatic rings. The van der Waals surface area contributed by atoms with Crippen LogP contribution in [0.15, 0.2) is 0 Å². The highest BCUT2D eigenvalue weighted by atomic mass is 16.4. The minimum atomic E-state index is -1.20. The molecule has 0 bridgehead atoms. The van der Waals surface area contributed by atoms with Crippen molar-refractivity contribution in [3.63, 3.8) is 0 Å². The van der Waals surface area contributed by atoms with E-state index in [1.54, 1.807) is 6.92 Å². The highest BCUT2D eigenvalue weighted by molar-refractivity contribution is 5.86. The second-order valence-electron chi connectivity index (χ2n) is 5.69. The van der Waals surface area contributed by atoms with Crippen molar-refractivity contribution in [2.75, 3.05) is 0 Å². The molecule has 5 heteroatoms. The number of carboxylic acid groups (broad SMARTS) is 1. The average molecular weight is 256 g/mol. The monoisotopic (exact) mass is 256 g/mol. The summed E-state index contributed by atoms with van der Waals surface area (Å²) in [6.45, 7) is 5.30. The Hall–Kier alpha value is -1.26. The van der Waals surface area contributed by atoms with Crippen molar-refractivity contribution in [3.05, 3.63) is 0 Å². The average Bonchev–Trinajstić information content (AvgIpc) is 2.28. The summed E-state index contributed by atoms with van der Waals surface area (Å²) in [5.41, 5.74) is -1.40. The molecule has 0 spiro atoms. The molecular weight excluding hydrogens is 232 g/mol. The van der Waals surface area contributed by atoms with Crippen LogP contribution in [0.1, 0.15) is 59.3 Å². The van der Waals surface area contributed by atoms with Gasteiger partial charge in [0.1, 0.15) is 5.54 Å². The largest absolute Gasteiger partial charge is 0.480 e. The van der Waals surface area contributed by atoms with E-state index in [1.165, 1.54) is 13.3 Å². The summed E-state index contributed by atoms with van der Waals surface area (Å²) in [4.78, 5) is 23.0. The van der Waals surface area contributed by atoms with Gasteiger partial charge in [-0.3, -0.25) is 0 Å². The van der Waals surface area contributed by atoms with Gasteiger partial charge in [0.15, 0.2) is 0 Å². The zero-order chi connectivity index (χ0) is 13.8. The van der Waals surface area contributed by atoms with Crippen LogP contribution in [0, 0.1) is 0 Å². The maximum atomic E-state index is 11.9. The number of urea groups is 1. The minimum absolute atomic E-state index is 0.199. The summed E-state index contributed by atoms with van der Waals surface area (Å²) in [5.74, 6) is -1.01. The lowest BCUT2D eigenvalue weighted by atomic mass is 9.83. The zero-order valence-electron chi connectivity index (χ0n) is 11.5. The van der Waals surface area contributed by atoms with Crippen LogP contribution in [-0.4, -0.2) is 28.2 Å². The van der Waals surface area contributed by atoms with Crippen molar-refractivity contribution in [3.8, 4) is 0 Å². The number of hydrogen-bond acceptors (Lipinski definition) is 2. The number of carbonyl (C=O) groups is 2. The van der Waals surface area contributed by atoms with Crippen LogP contribution >= 0.6 is 0 Å². The molecule has 1 aliphatic carbocycles. The molecule has 1 fully saturated rings. The van der Waals surface area contributed by atoms with Gasteiger partial charge >= 0.3 is 12.0 Å². The molecule has 5 nitrogen and oxygen atoms in total. The van der Waals surface area contributed by atoms with E-state index in [9.17, 15) is 9.59 Å². The van der Waals surface area contributed by atoms with Gasteiger partial charge in [-0.2, -0.15) is 0 Å². The fourth-order valence-electron chi connectivity index (χ4n) is 2.31. The first kappa shape index (κ1) is 14.8. The predicted octanol–water partition coefficient (Wildman–Crippen LogP) is 2.26. The third-order valence-corrected chi connectivity index (χ3v) is 3.94. The third-order valence-electron chi connectivity index (χ3n) is 3.94. The summed E-state index contributed by atoms with van der Waals surface area (Å²) in [7, 11) is 0. The summed E-state index contributed by atoms with van der Waals surface area (Å²) < 4.78 is 0. The molecule has 0 heterocycles. The van der Waals surface area contributed by atoms with Gasteiger partial charge in [-0.25, -0.2) is 9.59 Å². The molecule has 0 aromatic rings. The van der Waals surface area contributed by atoms with E-state index < -0.39 is 11.5 Å². The van der Waals surface area contributed by atoms with Crippen molar-refractivity contribution in [1.82, 2.24) is 10.6 Å². The van der Waals surface area contributed by atoms with E-state index >= 15 is 0 Å². The molecule has 0 radical (unpaired) electrons. The molecule has 1 unspecified atom stereocenters. The number of amides is 2. The first-order chi connectivity index (χ1) is 8.31. The van der Waals surface area contributed by atoms with Gasteiger partial charge in [0.25, 0.3) is 0 Å². The molecular formula is C13H24N2O3. The van der Waals surface area contributed by atoms with E-state index in [2.05, 4.69) is 10.6 Å². The number of carbonyl (C=O) groups excluding carboxylic acids is 1. The Labute approximate surface area is 108 Å². The van der Waals surface area contributed by atoms with Gasteiger partial charge in [-0.15, -0.1) is 0 Å². The first-order valence-corrected chi connectivity index (χ1v) is 6.65. The standard InChI is InChI=1S/C13H24N2O3/c1-4-13(3,10(16)17)15-11(18)14-12(2)8-6-5-7-9-12/h4-9H2,1-3H3,(H,16,17)(H2,14,15,18). The predicted molar refractivity (Wildman–Crippen MR) is 69.5 cm³/mol. The van der Waals surface area contributed by atoms with Crippen molar-refractivity contribution >= 4 is 12.0 Å². The lowest BCUT2D eigenvalue weighted by molar-refractivity contribution is -0.143. The lowest BCUT2D eigenvalue weighted by Gasteiger charge is -2.36. The summed E-state index contributed by atoms with van der Waals surface area (Å²) >= 11 is 0. The first-order valence-electron chi connectivity index (χ1n) is 6.65. The quantitative estimate of drug-likeness (QED) is 0.722. The van der Waals surface area contributed by atoms with Gasteiger partial charge in [0.2, 0.25) is 0 Å². The number of nitrogens with one attached hydrogen (secondary N) is 2. The fraction of sp³-hybridized carbons (Fsp3) is 0.846. The van der Waals surface area contributed by atoms with Gasteiger partial charge in [-0.1, -0.05) is 26.2 Å². The molecule has 0 saturated heterocycles. The molecule has 1 atom stereocenters. The molecule has 1 rings (SSSR count). The highest BCUT2D eigenvalue weighted by Crippen LogP contribution is 2.27. The van der Waals surface area contributed by atoms with Crippen molar-refractivity contribution < 1.29 is 14.7 Å². The van der Waals surface area contributed by atoms with Crippen LogP contribution in [0.2, 0.25) is 0 Å². The highest BCUT2D eigenvalue weighted by Gasteiger charge is 2.35. The van der Waals surface area contributed by atoms with Gasteiger partial charge in [0, 0.05) is 5.54 Å². The van der Waals surface area contributed by atoms with Gasteiger partial charge in [-0.05, 0) is 33.1 Å². The van der Waals surface area contributed by atoms with E-state index in [0.29, 0.717) is 6.42 Å². The normalized spacial score (nSPS) is 21.7. The molecule has 0 aliphatic heterocycles. The minimum Gasteiger partial charge on any atom is -0.480 e. The summed E-state index contributed by atoms with van der Waals surface area (Å²) in [6, 6.07) is -0.383. The van der Waals surface area contributed by atoms with Crippen LogP contribution < -0.4 is 10.6 Å². The second-order valence-corrected chi connectivity index (χ2v) is 5.69. The Kier molecular flexibility index (Phi) is 4.59. The molecule has 0 aromatic heterocycles. The Balaban J connectivity index is 2.57. The molecule has 2 amide bonds. The molecule has 0 aromatic carbocycles. The molecule has 104 valence electrons. The smallest absolute Gasteiger partial charge is 0.329 e. The van der Waals surface area contributed by atoms with Gasteiger partial charge in [0.05, 0.1) is 0 Å². The molecule has 3 N–H and O–H groups in total. The van der Waals surface area contributed by atoms with Crippen molar-refractivity contribution in [2.45, 2.75) is 70.4 Å².